The van der Waals surface area contributed by atoms with Crippen molar-refractivity contribution in [2.75, 3.05) is 9.80 Å². The Bertz CT molecular complexity index is 1610. The van der Waals surface area contributed by atoms with E-state index in [0.717, 1.165) is 28.6 Å². The summed E-state index contributed by atoms with van der Waals surface area (Å²) in [7, 11) is 0. The van der Waals surface area contributed by atoms with Gasteiger partial charge in [0.15, 0.2) is 0 Å². The van der Waals surface area contributed by atoms with Crippen LogP contribution < -0.4 is 9.80 Å². The van der Waals surface area contributed by atoms with Crippen LogP contribution in [0.4, 0.5) is 22.7 Å². The van der Waals surface area contributed by atoms with Gasteiger partial charge in [-0.05, 0) is 71.3 Å². The second kappa shape index (κ2) is 14.4. The summed E-state index contributed by atoms with van der Waals surface area (Å²) in [4.78, 5) is 4.62. The molecule has 44 heavy (non-hydrogen) atoms. The van der Waals surface area contributed by atoms with Crippen LogP contribution in [0.2, 0.25) is 0 Å². The Balaban J connectivity index is 1.53. The first-order valence-corrected chi connectivity index (χ1v) is 14.9. The molecule has 0 saturated heterocycles. The fraction of sp³-hybridized carbons (Fsp3) is 0. The minimum absolute atomic E-state index is 0.991. The van der Waals surface area contributed by atoms with Crippen molar-refractivity contribution in [2.45, 2.75) is 0 Å². The van der Waals surface area contributed by atoms with Crippen molar-refractivity contribution in [3.05, 3.63) is 223 Å². The molecule has 0 aliphatic carbocycles. The standard InChI is InChI=1S/C42H34N2/c1-7-21-35(22-8-1)41(36-23-9-2-10-24-36)33-19-20-34-42(43(37-25-11-3-12-26-37)38-27-13-4-14-28-38)44(39-29-15-5-16-30-39)40-31-17-6-18-32-40/h1-34H. The monoisotopic (exact) mass is 566 g/mol. The third kappa shape index (κ3) is 6.78. The number of allylic oxidation sites excluding steroid dienone is 4. The second-order valence-corrected chi connectivity index (χ2v) is 10.2. The van der Waals surface area contributed by atoms with Crippen LogP contribution in [0.1, 0.15) is 11.1 Å². The minimum Gasteiger partial charge on any atom is -0.296 e. The van der Waals surface area contributed by atoms with Gasteiger partial charge >= 0.3 is 0 Å². The van der Waals surface area contributed by atoms with E-state index in [1.807, 2.05) is 0 Å². The molecule has 0 radical (unpaired) electrons. The van der Waals surface area contributed by atoms with Gasteiger partial charge in [0.05, 0.1) is 0 Å². The van der Waals surface area contributed by atoms with Gasteiger partial charge in [-0.15, -0.1) is 0 Å². The van der Waals surface area contributed by atoms with Crippen LogP contribution in [-0.4, -0.2) is 0 Å². The van der Waals surface area contributed by atoms with Gasteiger partial charge in [0.2, 0.25) is 0 Å². The first-order chi connectivity index (χ1) is 21.9. The van der Waals surface area contributed by atoms with E-state index in [1.54, 1.807) is 0 Å². The predicted octanol–water partition coefficient (Wildman–Crippen LogP) is 11.2. The van der Waals surface area contributed by atoms with Crippen molar-refractivity contribution in [3.63, 3.8) is 0 Å². The van der Waals surface area contributed by atoms with E-state index in [0.29, 0.717) is 0 Å². The summed E-state index contributed by atoms with van der Waals surface area (Å²) in [6, 6.07) is 63.2. The van der Waals surface area contributed by atoms with Gasteiger partial charge in [0.1, 0.15) is 5.82 Å². The van der Waals surface area contributed by atoms with Crippen LogP contribution in [-0.2, 0) is 0 Å². The summed E-state index contributed by atoms with van der Waals surface area (Å²) < 4.78 is 0. The molecule has 2 nitrogen and oxygen atoms in total. The molecular weight excluding hydrogens is 532 g/mol. The summed E-state index contributed by atoms with van der Waals surface area (Å²) in [5, 5.41) is 0. The Hall–Kier alpha value is -5.86. The molecule has 0 amide bonds. The smallest absolute Gasteiger partial charge is 0.122 e. The Kier molecular flexibility index (Phi) is 9.22. The van der Waals surface area contributed by atoms with Crippen molar-refractivity contribution in [2.24, 2.45) is 0 Å². The molecule has 6 aromatic carbocycles. The fourth-order valence-electron chi connectivity index (χ4n) is 5.27. The lowest BCUT2D eigenvalue weighted by atomic mass is 9.97. The molecule has 0 atom stereocenters. The topological polar surface area (TPSA) is 6.48 Å². The molecule has 0 N–H and O–H groups in total. The molecule has 0 unspecified atom stereocenters. The zero-order chi connectivity index (χ0) is 29.8. The molecule has 0 aliphatic heterocycles. The van der Waals surface area contributed by atoms with Crippen molar-refractivity contribution in [1.29, 1.82) is 0 Å². The summed E-state index contributed by atoms with van der Waals surface area (Å²) in [5.74, 6) is 0.991. The van der Waals surface area contributed by atoms with Crippen LogP contribution in [0, 0.1) is 0 Å². The molecule has 6 aromatic rings. The van der Waals surface area contributed by atoms with Crippen LogP contribution in [0.5, 0.6) is 0 Å². The van der Waals surface area contributed by atoms with Gasteiger partial charge in [-0.2, -0.15) is 0 Å². The van der Waals surface area contributed by atoms with Crippen molar-refractivity contribution < 1.29 is 0 Å². The van der Waals surface area contributed by atoms with Crippen molar-refractivity contribution >= 4 is 28.3 Å². The fourth-order valence-corrected chi connectivity index (χ4v) is 5.27. The highest BCUT2D eigenvalue weighted by molar-refractivity contribution is 5.81. The minimum atomic E-state index is 0.991. The van der Waals surface area contributed by atoms with Crippen LogP contribution in [0.25, 0.3) is 5.57 Å². The first kappa shape index (κ1) is 28.3. The highest BCUT2D eigenvalue weighted by Crippen LogP contribution is 2.38. The van der Waals surface area contributed by atoms with Crippen molar-refractivity contribution in [1.82, 2.24) is 0 Å². The molecule has 0 heterocycles. The summed E-state index contributed by atoms with van der Waals surface area (Å²) in [6.07, 6.45) is 8.67. The Labute approximate surface area is 260 Å². The molecule has 0 aromatic heterocycles. The maximum atomic E-state index is 2.31. The number of anilines is 4. The number of hydrogen-bond acceptors (Lipinski definition) is 2. The second-order valence-electron chi connectivity index (χ2n) is 10.2. The lowest BCUT2D eigenvalue weighted by Gasteiger charge is -2.36. The van der Waals surface area contributed by atoms with Crippen LogP contribution in [0.15, 0.2) is 212 Å². The number of benzene rings is 6. The Morgan fingerprint density at radius 2 is 0.591 bits per heavy atom. The third-order valence-corrected chi connectivity index (χ3v) is 7.30. The van der Waals surface area contributed by atoms with E-state index >= 15 is 0 Å². The third-order valence-electron chi connectivity index (χ3n) is 7.30. The SMILES string of the molecule is C(=CC=C(N(c1ccccc1)c1ccccc1)N(c1ccccc1)c1ccccc1)C=C(c1ccccc1)c1ccccc1. The Morgan fingerprint density at radius 1 is 0.318 bits per heavy atom. The highest BCUT2D eigenvalue weighted by atomic mass is 15.3. The maximum Gasteiger partial charge on any atom is 0.122 e. The zero-order valence-electron chi connectivity index (χ0n) is 24.5. The molecule has 2 heteroatoms. The number of hydrogen-bond donors (Lipinski definition) is 0. The zero-order valence-corrected chi connectivity index (χ0v) is 24.5. The highest BCUT2D eigenvalue weighted by Gasteiger charge is 2.22. The average Bonchev–Trinajstić information content (AvgIpc) is 3.11. The van der Waals surface area contributed by atoms with E-state index in [4.69, 9.17) is 0 Å². The molecular formula is C42H34N2. The molecule has 0 fully saturated rings. The summed E-state index contributed by atoms with van der Waals surface area (Å²) in [5.41, 5.74) is 7.80. The van der Waals surface area contributed by atoms with Crippen molar-refractivity contribution in [3.8, 4) is 0 Å². The van der Waals surface area contributed by atoms with E-state index in [-0.39, 0.29) is 0 Å². The van der Waals surface area contributed by atoms with Gasteiger partial charge in [0, 0.05) is 22.7 Å². The van der Waals surface area contributed by atoms with Gasteiger partial charge in [-0.3, -0.25) is 9.80 Å². The molecule has 0 aliphatic rings. The van der Waals surface area contributed by atoms with E-state index in [2.05, 4.69) is 216 Å². The molecule has 6 rings (SSSR count). The van der Waals surface area contributed by atoms with Gasteiger partial charge in [-0.1, -0.05) is 152 Å². The summed E-state index contributed by atoms with van der Waals surface area (Å²) >= 11 is 0. The van der Waals surface area contributed by atoms with E-state index in [1.165, 1.54) is 16.7 Å². The van der Waals surface area contributed by atoms with E-state index in [9.17, 15) is 0 Å². The van der Waals surface area contributed by atoms with Crippen LogP contribution in [0.3, 0.4) is 0 Å². The normalized spacial score (nSPS) is 10.6. The maximum absolute atomic E-state index is 2.31. The average molecular weight is 567 g/mol. The van der Waals surface area contributed by atoms with Gasteiger partial charge < -0.3 is 0 Å². The summed E-state index contributed by atoms with van der Waals surface area (Å²) in [6.45, 7) is 0. The molecule has 0 bridgehead atoms. The number of para-hydroxylation sites is 4. The van der Waals surface area contributed by atoms with E-state index < -0.39 is 0 Å². The number of nitrogens with zero attached hydrogens (tertiary/aromatic N) is 2. The van der Waals surface area contributed by atoms with Crippen LogP contribution >= 0.6 is 0 Å². The lowest BCUT2D eigenvalue weighted by Crippen LogP contribution is -2.29. The largest absolute Gasteiger partial charge is 0.296 e. The molecule has 0 spiro atoms. The Morgan fingerprint density at radius 3 is 0.909 bits per heavy atom. The number of rotatable bonds is 10. The molecule has 0 saturated carbocycles. The molecule has 212 valence electrons. The quantitative estimate of drug-likeness (QED) is 0.152. The van der Waals surface area contributed by atoms with Gasteiger partial charge in [-0.25, -0.2) is 0 Å². The first-order valence-electron chi connectivity index (χ1n) is 14.9. The predicted molar refractivity (Wildman–Crippen MR) is 187 cm³/mol. The lowest BCUT2D eigenvalue weighted by molar-refractivity contribution is 1.05. The van der Waals surface area contributed by atoms with Gasteiger partial charge in [0.25, 0.3) is 0 Å².